The lowest BCUT2D eigenvalue weighted by Crippen LogP contribution is -2.65. The molecule has 0 aromatic rings. The van der Waals surface area contributed by atoms with Gasteiger partial charge in [-0.15, -0.1) is 11.6 Å². The van der Waals surface area contributed by atoms with Gasteiger partial charge in [-0.2, -0.15) is 13.2 Å². The lowest BCUT2D eigenvalue weighted by atomic mass is 9.78. The van der Waals surface area contributed by atoms with Crippen LogP contribution in [0.5, 0.6) is 0 Å². The molecule has 6 rings (SSSR count). The monoisotopic (exact) mass is 1540 g/mol. The van der Waals surface area contributed by atoms with Crippen molar-refractivity contribution >= 4 is 82.5 Å². The number of nitrogens with zero attached hydrogens (tertiary/aromatic N) is 10. The largest absolute Gasteiger partial charge is 0.393 e. The second-order valence-corrected chi connectivity index (χ2v) is 33.5. The number of hydrogen-bond donors (Lipinski definition) is 3. The van der Waals surface area contributed by atoms with Crippen molar-refractivity contribution in [3.8, 4) is 0 Å². The molecule has 3 saturated heterocycles. The first-order chi connectivity index (χ1) is 49.9. The van der Waals surface area contributed by atoms with Crippen LogP contribution in [-0.2, 0) is 57.5 Å². The molecule has 3 heterocycles. The van der Waals surface area contributed by atoms with Crippen LogP contribution in [0.15, 0.2) is 0 Å². The highest BCUT2D eigenvalue weighted by atomic mass is 35.5. The number of carbonyl (C=O) groups excluding carboxylic acids is 12. The minimum atomic E-state index is -4.57. The van der Waals surface area contributed by atoms with E-state index in [0.29, 0.717) is 31.6 Å². The van der Waals surface area contributed by atoms with Crippen LogP contribution in [0.2, 0.25) is 0 Å². The number of carbonyl (C=O) groups is 12. The van der Waals surface area contributed by atoms with Crippen LogP contribution < -0.4 is 16.0 Å². The van der Waals surface area contributed by atoms with Crippen molar-refractivity contribution in [2.24, 2.45) is 41.4 Å². The van der Waals surface area contributed by atoms with Gasteiger partial charge in [-0.1, -0.05) is 99.8 Å². The van der Waals surface area contributed by atoms with Crippen molar-refractivity contribution in [1.29, 1.82) is 0 Å². The number of amides is 12. The maximum absolute atomic E-state index is 15.7. The Labute approximate surface area is 635 Å². The zero-order chi connectivity index (χ0) is 80.2. The Balaban J connectivity index is 1.48. The lowest BCUT2D eigenvalue weighted by molar-refractivity contribution is -0.182. The van der Waals surface area contributed by atoms with Crippen LogP contribution in [-0.4, -0.2) is 293 Å². The van der Waals surface area contributed by atoms with Gasteiger partial charge in [-0.3, -0.25) is 62.4 Å². The van der Waals surface area contributed by atoms with Crippen molar-refractivity contribution in [3.63, 3.8) is 0 Å². The Morgan fingerprint density at radius 3 is 1.79 bits per heavy atom. The molecule has 12 amide bonds. The van der Waals surface area contributed by atoms with Crippen LogP contribution in [0.1, 0.15) is 197 Å². The summed E-state index contributed by atoms with van der Waals surface area (Å²) in [5.74, 6) is -14.9. The molecule has 6 aliphatic rings. The molecule has 6 fully saturated rings. The van der Waals surface area contributed by atoms with Crippen LogP contribution >= 0.6 is 11.6 Å². The van der Waals surface area contributed by atoms with Gasteiger partial charge in [0.2, 0.25) is 70.9 Å². The fourth-order valence-electron chi connectivity index (χ4n) is 16.7. The van der Waals surface area contributed by atoms with Crippen LogP contribution in [0, 0.1) is 41.4 Å². The number of fused-ring (bicyclic) bond motifs is 1. The Kier molecular flexibility index (Phi) is 32.1. The van der Waals surface area contributed by atoms with Crippen molar-refractivity contribution < 1.29 is 79.5 Å². The van der Waals surface area contributed by atoms with E-state index in [9.17, 15) is 46.7 Å². The second kappa shape index (κ2) is 38.5. The Bertz CT molecular complexity index is 3140. The van der Waals surface area contributed by atoms with Gasteiger partial charge in [0.15, 0.2) is 0 Å². The molecular weight excluding hydrogens is 1420 g/mol. The van der Waals surface area contributed by atoms with Gasteiger partial charge in [0, 0.05) is 88.3 Å². The molecule has 3 N–H and O–H groups in total. The topological polar surface area (TPSA) is 273 Å². The van der Waals surface area contributed by atoms with Crippen LogP contribution in [0.4, 0.5) is 22.0 Å². The van der Waals surface area contributed by atoms with E-state index >= 15 is 32.8 Å². The molecule has 0 bridgehead atoms. The predicted molar refractivity (Wildman–Crippen MR) is 394 cm³/mol. The van der Waals surface area contributed by atoms with Crippen molar-refractivity contribution in [1.82, 2.24) is 64.9 Å². The van der Waals surface area contributed by atoms with E-state index in [2.05, 4.69) is 22.9 Å². The highest BCUT2D eigenvalue weighted by Crippen LogP contribution is 2.44. The first kappa shape index (κ1) is 89.4. The number of hydrogen-bond acceptors (Lipinski definition) is 13. The van der Waals surface area contributed by atoms with E-state index in [-0.39, 0.29) is 115 Å². The maximum atomic E-state index is 15.7. The fourth-order valence-corrected chi connectivity index (χ4v) is 17.2. The van der Waals surface area contributed by atoms with Crippen LogP contribution in [0.3, 0.4) is 0 Å². The van der Waals surface area contributed by atoms with Crippen LogP contribution in [0.25, 0.3) is 0 Å². The standard InChI is InChI=1S/C76H125ClF5N13O12/c1-18-47(6)62-71(105)88(12)49(8)66(100)95-38-32-56(95)70(104)91(15)58(41-51-25-23-46(5)24-26-51)69(103)87(11)43-60(96)83-54(30-28-50-27-29-52(53(77)40-50)76(80,81)82)67(101)90(14)55(31-37-94-36-22-35-75(78,79)44-94)65(99)85-74(33-20-21-34-74)73(107)93(17)63(48(7)19-2)72(106)92(16)59(68(102)86(9)10)42-61(97)89(13)57(39-45(3)4)64(98)84-62/h45-59,62-63H,18-44H2,1-17H3,(H,83,96)(H,84,98)(H,85,99)/t46?,47-,48-,49-,50?,51?,52?,53?,54-,55-,56-,57-,58-,59-,62-,63-/m0/s1. The molecule has 25 nitrogen and oxygen atoms in total. The molecule has 0 aromatic carbocycles. The van der Waals surface area contributed by atoms with Gasteiger partial charge in [0.1, 0.15) is 59.9 Å². The number of rotatable bonds is 15. The Hall–Kier alpha value is -6.46. The van der Waals surface area contributed by atoms with Gasteiger partial charge in [0.05, 0.1) is 25.4 Å². The molecule has 14 atom stereocenters. The normalized spacial score (nSPS) is 31.3. The highest BCUT2D eigenvalue weighted by molar-refractivity contribution is 6.21. The molecule has 0 radical (unpaired) electrons. The highest BCUT2D eigenvalue weighted by Gasteiger charge is 2.52. The summed E-state index contributed by atoms with van der Waals surface area (Å²) in [5.41, 5.74) is -1.75. The average molecular weight is 1540 g/mol. The molecule has 1 spiro atoms. The first-order valence-electron chi connectivity index (χ1n) is 39.0. The van der Waals surface area contributed by atoms with Crippen molar-refractivity contribution in [3.05, 3.63) is 0 Å². The first-order valence-corrected chi connectivity index (χ1v) is 39.4. The molecule has 0 aromatic heterocycles. The minimum Gasteiger partial charge on any atom is -0.347 e. The summed E-state index contributed by atoms with van der Waals surface area (Å²) in [6, 6.07) is -11.8. The zero-order valence-electron chi connectivity index (χ0n) is 66.5. The molecule has 3 saturated carbocycles. The number of halogens is 6. The summed E-state index contributed by atoms with van der Waals surface area (Å²) in [4.78, 5) is 194. The summed E-state index contributed by atoms with van der Waals surface area (Å²) < 4.78 is 72.7. The van der Waals surface area contributed by atoms with Gasteiger partial charge in [-0.25, -0.2) is 8.78 Å². The van der Waals surface area contributed by atoms with Gasteiger partial charge in [0.25, 0.3) is 5.92 Å². The number of nitrogens with one attached hydrogen (secondary N) is 3. The SMILES string of the molecule is CC[C@H](C)[C@@H]1NC(=O)[C@H](CC(C)C)N(C)C(=O)C[C@@H](C(=O)N(C)C)N(C)C(=O)[C@H]([C@@H](C)CC)N(C)C(=O)C2(CCCC2)NC(=O)[C@H](CCN2CCCC(F)(F)C2)N(C)C(=O)[C@H](CCC2CCC(C(F)(F)F)C(Cl)C2)NC(=O)CN(C)C(=O)[C@H](CC2CCC(C)CC2)N(C)C(=O)[C@@H]2CCN2C(=O)[C@H](C)N(C)C1=O. The van der Waals surface area contributed by atoms with Gasteiger partial charge < -0.3 is 60.0 Å². The number of likely N-dealkylation sites (N-methyl/N-ethyl adjacent to an activating group) is 8. The summed E-state index contributed by atoms with van der Waals surface area (Å²) in [6.45, 7) is 13.3. The summed E-state index contributed by atoms with van der Waals surface area (Å²) >= 11 is 6.44. The number of alkyl halides is 6. The predicted octanol–water partition coefficient (Wildman–Crippen LogP) is 6.76. The minimum absolute atomic E-state index is 0.0304. The quantitative estimate of drug-likeness (QED) is 0.113. The molecule has 3 aliphatic heterocycles. The van der Waals surface area contributed by atoms with Gasteiger partial charge in [-0.05, 0) is 126 Å². The molecular formula is C76H125ClF5N13O12. The second-order valence-electron chi connectivity index (χ2n) is 33.0. The Morgan fingerprint density at radius 2 is 1.23 bits per heavy atom. The molecule has 107 heavy (non-hydrogen) atoms. The lowest BCUT2D eigenvalue weighted by Gasteiger charge is -2.45. The summed E-state index contributed by atoms with van der Waals surface area (Å²) in [6.07, 6.45) is -0.898. The van der Waals surface area contributed by atoms with E-state index in [1.807, 2.05) is 20.8 Å². The zero-order valence-corrected chi connectivity index (χ0v) is 67.3. The summed E-state index contributed by atoms with van der Waals surface area (Å²) in [7, 11) is 12.6. The van der Waals surface area contributed by atoms with E-state index in [0.717, 1.165) is 40.4 Å². The Morgan fingerprint density at radius 1 is 0.626 bits per heavy atom. The smallest absolute Gasteiger partial charge is 0.347 e. The molecule has 31 heteroatoms. The van der Waals surface area contributed by atoms with E-state index in [4.69, 9.17) is 11.6 Å². The molecule has 3 aliphatic carbocycles. The number of likely N-dealkylation sites (tertiary alicyclic amines) is 1. The van der Waals surface area contributed by atoms with Crippen molar-refractivity contribution in [2.45, 2.75) is 274 Å². The fraction of sp³-hybridized carbons (Fsp3) is 0.842. The summed E-state index contributed by atoms with van der Waals surface area (Å²) in [5, 5.41) is 7.38. The maximum Gasteiger partial charge on any atom is 0.393 e. The van der Waals surface area contributed by atoms with Gasteiger partial charge >= 0.3 is 6.18 Å². The van der Waals surface area contributed by atoms with E-state index in [1.54, 1.807) is 20.8 Å². The van der Waals surface area contributed by atoms with E-state index < -0.39 is 191 Å². The third-order valence-electron chi connectivity index (χ3n) is 24.5. The average Bonchev–Trinajstić information content (AvgIpc) is 1.68. The molecule has 3 unspecified atom stereocenters. The molecule has 608 valence electrons. The third-order valence-corrected chi connectivity index (χ3v) is 25.0. The third kappa shape index (κ3) is 22.4. The van der Waals surface area contributed by atoms with E-state index in [1.165, 1.54) is 105 Å². The number of piperidine rings is 1. The van der Waals surface area contributed by atoms with Crippen molar-refractivity contribution in [2.75, 3.05) is 96.2 Å².